The van der Waals surface area contributed by atoms with Crippen LogP contribution in [0.2, 0.25) is 0 Å². The Kier molecular flexibility index (Phi) is 5.95. The molecule has 0 aliphatic rings. The number of amides is 1. The smallest absolute Gasteiger partial charge is 0.221 e. The molecule has 0 radical (unpaired) electrons. The van der Waals surface area contributed by atoms with E-state index in [1.54, 1.807) is 0 Å². The standard InChI is InChI=1S/C22H27N3O/c1-16(2)18-7-3-5-9-20(18)23-14-12-22(26)24-13-11-17-15-25-21-10-6-4-8-19(17)21/h3-10,15-16,23,25H,11-14H2,1-2H3,(H,24,26). The van der Waals surface area contributed by atoms with E-state index in [4.69, 9.17) is 0 Å². The van der Waals surface area contributed by atoms with Crippen LogP contribution in [0.5, 0.6) is 0 Å². The topological polar surface area (TPSA) is 56.9 Å². The van der Waals surface area contributed by atoms with Gasteiger partial charge in [-0.15, -0.1) is 0 Å². The second kappa shape index (κ2) is 8.56. The predicted molar refractivity (Wildman–Crippen MR) is 109 cm³/mol. The van der Waals surface area contributed by atoms with Crippen molar-refractivity contribution >= 4 is 22.5 Å². The third-order valence-corrected chi connectivity index (χ3v) is 4.64. The average molecular weight is 349 g/mol. The minimum Gasteiger partial charge on any atom is -0.384 e. The normalized spacial score (nSPS) is 11.0. The molecule has 0 atom stereocenters. The summed E-state index contributed by atoms with van der Waals surface area (Å²) >= 11 is 0. The second-order valence-corrected chi connectivity index (χ2v) is 6.88. The van der Waals surface area contributed by atoms with Gasteiger partial charge >= 0.3 is 0 Å². The average Bonchev–Trinajstić information content (AvgIpc) is 3.05. The van der Waals surface area contributed by atoms with Crippen LogP contribution in [0, 0.1) is 0 Å². The van der Waals surface area contributed by atoms with Gasteiger partial charge in [-0.2, -0.15) is 0 Å². The molecule has 4 nitrogen and oxygen atoms in total. The number of fused-ring (bicyclic) bond motifs is 1. The zero-order valence-corrected chi connectivity index (χ0v) is 15.5. The summed E-state index contributed by atoms with van der Waals surface area (Å²) in [6, 6.07) is 16.5. The van der Waals surface area contributed by atoms with E-state index in [1.807, 2.05) is 24.4 Å². The van der Waals surface area contributed by atoms with Gasteiger partial charge in [-0.05, 0) is 35.6 Å². The minimum atomic E-state index is 0.0827. The first kappa shape index (κ1) is 18.1. The minimum absolute atomic E-state index is 0.0827. The van der Waals surface area contributed by atoms with Gasteiger partial charge in [0.05, 0.1) is 0 Å². The highest BCUT2D eigenvalue weighted by Crippen LogP contribution is 2.23. The van der Waals surface area contributed by atoms with E-state index in [0.29, 0.717) is 25.4 Å². The Labute approximate surface area is 155 Å². The summed E-state index contributed by atoms with van der Waals surface area (Å²) in [5.74, 6) is 0.545. The van der Waals surface area contributed by atoms with E-state index in [-0.39, 0.29) is 5.91 Å². The van der Waals surface area contributed by atoms with E-state index in [1.165, 1.54) is 16.5 Å². The van der Waals surface area contributed by atoms with E-state index in [9.17, 15) is 4.79 Å². The maximum atomic E-state index is 12.1. The number of benzene rings is 2. The lowest BCUT2D eigenvalue weighted by atomic mass is 10.0. The number of para-hydroxylation sites is 2. The van der Waals surface area contributed by atoms with Crippen LogP contribution in [-0.2, 0) is 11.2 Å². The molecule has 1 heterocycles. The van der Waals surface area contributed by atoms with Crippen molar-refractivity contribution in [3.63, 3.8) is 0 Å². The Morgan fingerprint density at radius 2 is 1.81 bits per heavy atom. The van der Waals surface area contributed by atoms with Crippen LogP contribution in [0.4, 0.5) is 5.69 Å². The summed E-state index contributed by atoms with van der Waals surface area (Å²) in [4.78, 5) is 15.4. The van der Waals surface area contributed by atoms with E-state index in [2.05, 4.69) is 59.8 Å². The van der Waals surface area contributed by atoms with Gasteiger partial charge in [0, 0.05) is 42.3 Å². The van der Waals surface area contributed by atoms with Crippen molar-refractivity contribution in [2.75, 3.05) is 18.4 Å². The lowest BCUT2D eigenvalue weighted by molar-refractivity contribution is -0.120. The predicted octanol–water partition coefficient (Wildman–Crippen LogP) is 4.45. The molecule has 0 aliphatic carbocycles. The summed E-state index contributed by atoms with van der Waals surface area (Å²) in [5, 5.41) is 7.63. The fourth-order valence-corrected chi connectivity index (χ4v) is 3.24. The third kappa shape index (κ3) is 4.45. The molecule has 26 heavy (non-hydrogen) atoms. The van der Waals surface area contributed by atoms with Gasteiger partial charge in [0.25, 0.3) is 0 Å². The first-order chi connectivity index (χ1) is 12.6. The molecule has 0 unspecified atom stereocenters. The maximum Gasteiger partial charge on any atom is 0.221 e. The molecule has 3 rings (SSSR count). The lowest BCUT2D eigenvalue weighted by Gasteiger charge is -2.14. The lowest BCUT2D eigenvalue weighted by Crippen LogP contribution is -2.27. The number of anilines is 1. The van der Waals surface area contributed by atoms with Crippen molar-refractivity contribution in [1.29, 1.82) is 0 Å². The summed E-state index contributed by atoms with van der Waals surface area (Å²) in [6.07, 6.45) is 3.33. The highest BCUT2D eigenvalue weighted by molar-refractivity contribution is 5.83. The third-order valence-electron chi connectivity index (χ3n) is 4.64. The Morgan fingerprint density at radius 3 is 2.65 bits per heavy atom. The number of aromatic amines is 1. The number of hydrogen-bond donors (Lipinski definition) is 3. The molecule has 0 saturated carbocycles. The number of carbonyl (C=O) groups excluding carboxylic acids is 1. The molecular formula is C22H27N3O. The fraction of sp³-hybridized carbons (Fsp3) is 0.318. The zero-order chi connectivity index (χ0) is 18.4. The Bertz CT molecular complexity index is 866. The summed E-state index contributed by atoms with van der Waals surface area (Å²) < 4.78 is 0. The molecule has 136 valence electrons. The van der Waals surface area contributed by atoms with Gasteiger partial charge in [-0.25, -0.2) is 0 Å². The van der Waals surface area contributed by atoms with E-state index < -0.39 is 0 Å². The molecule has 0 saturated heterocycles. The van der Waals surface area contributed by atoms with Crippen LogP contribution in [0.3, 0.4) is 0 Å². The van der Waals surface area contributed by atoms with Gasteiger partial charge in [0.1, 0.15) is 0 Å². The first-order valence-corrected chi connectivity index (χ1v) is 9.29. The number of carbonyl (C=O) groups is 1. The molecular weight excluding hydrogens is 322 g/mol. The van der Waals surface area contributed by atoms with Crippen molar-refractivity contribution < 1.29 is 4.79 Å². The van der Waals surface area contributed by atoms with E-state index in [0.717, 1.165) is 17.6 Å². The summed E-state index contributed by atoms with van der Waals surface area (Å²) in [6.45, 7) is 5.65. The largest absolute Gasteiger partial charge is 0.384 e. The molecule has 0 aliphatic heterocycles. The first-order valence-electron chi connectivity index (χ1n) is 9.29. The number of rotatable bonds is 8. The monoisotopic (exact) mass is 349 g/mol. The van der Waals surface area contributed by atoms with Crippen LogP contribution in [0.15, 0.2) is 54.7 Å². The van der Waals surface area contributed by atoms with Crippen molar-refractivity contribution in [2.24, 2.45) is 0 Å². The number of aromatic nitrogens is 1. The van der Waals surface area contributed by atoms with Crippen molar-refractivity contribution in [3.05, 3.63) is 65.9 Å². The number of H-pyrrole nitrogens is 1. The number of hydrogen-bond acceptors (Lipinski definition) is 2. The zero-order valence-electron chi connectivity index (χ0n) is 15.5. The SMILES string of the molecule is CC(C)c1ccccc1NCCC(=O)NCCc1c[nH]c2ccccc12. The van der Waals surface area contributed by atoms with Crippen molar-refractivity contribution in [3.8, 4) is 0 Å². The molecule has 1 amide bonds. The highest BCUT2D eigenvalue weighted by atomic mass is 16.1. The van der Waals surface area contributed by atoms with Gasteiger partial charge in [0.15, 0.2) is 0 Å². The summed E-state index contributed by atoms with van der Waals surface area (Å²) in [5.41, 5.74) is 4.79. The van der Waals surface area contributed by atoms with Crippen LogP contribution in [0.25, 0.3) is 10.9 Å². The fourth-order valence-electron chi connectivity index (χ4n) is 3.24. The van der Waals surface area contributed by atoms with Crippen molar-refractivity contribution in [1.82, 2.24) is 10.3 Å². The Hall–Kier alpha value is -2.75. The summed E-state index contributed by atoms with van der Waals surface area (Å²) in [7, 11) is 0. The van der Waals surface area contributed by atoms with Crippen LogP contribution in [-0.4, -0.2) is 24.0 Å². The van der Waals surface area contributed by atoms with Gasteiger partial charge < -0.3 is 15.6 Å². The Morgan fingerprint density at radius 1 is 1.04 bits per heavy atom. The van der Waals surface area contributed by atoms with Gasteiger partial charge in [-0.3, -0.25) is 4.79 Å². The molecule has 0 spiro atoms. The van der Waals surface area contributed by atoms with Crippen molar-refractivity contribution in [2.45, 2.75) is 32.6 Å². The molecule has 3 aromatic rings. The molecule has 0 fully saturated rings. The quantitative estimate of drug-likeness (QED) is 0.563. The molecule has 1 aromatic heterocycles. The van der Waals surface area contributed by atoms with Crippen LogP contribution < -0.4 is 10.6 Å². The molecule has 2 aromatic carbocycles. The van der Waals surface area contributed by atoms with Crippen LogP contribution in [0.1, 0.15) is 37.3 Å². The van der Waals surface area contributed by atoms with Crippen LogP contribution >= 0.6 is 0 Å². The molecule has 3 N–H and O–H groups in total. The highest BCUT2D eigenvalue weighted by Gasteiger charge is 2.07. The van der Waals surface area contributed by atoms with E-state index >= 15 is 0 Å². The number of nitrogens with one attached hydrogen (secondary N) is 3. The second-order valence-electron chi connectivity index (χ2n) is 6.88. The maximum absolute atomic E-state index is 12.1. The molecule has 4 heteroatoms. The molecule has 0 bridgehead atoms. The Balaban J connectivity index is 1.42. The van der Waals surface area contributed by atoms with Gasteiger partial charge in [0.2, 0.25) is 5.91 Å². The van der Waals surface area contributed by atoms with Gasteiger partial charge in [-0.1, -0.05) is 50.2 Å².